The van der Waals surface area contributed by atoms with Crippen molar-refractivity contribution >= 4 is 23.8 Å². The van der Waals surface area contributed by atoms with Gasteiger partial charge in [0.15, 0.2) is 0 Å². The van der Waals surface area contributed by atoms with Gasteiger partial charge in [0.2, 0.25) is 0 Å². The Morgan fingerprint density at radius 3 is 2.92 bits per heavy atom. The molecule has 0 radical (unpaired) electrons. The minimum Gasteiger partial charge on any atom is -0.469 e. The summed E-state index contributed by atoms with van der Waals surface area (Å²) in [6.45, 7) is 0.578. The van der Waals surface area contributed by atoms with E-state index in [1.165, 1.54) is 7.11 Å². The average molecular weight is 344 g/mol. The summed E-state index contributed by atoms with van der Waals surface area (Å²) >= 11 is 1.64. The fourth-order valence-corrected chi connectivity index (χ4v) is 3.89. The smallest absolute Gasteiger partial charge is 0.322 e. The Hall–Kier alpha value is -2.21. The van der Waals surface area contributed by atoms with Crippen molar-refractivity contribution in [2.75, 3.05) is 7.11 Å². The van der Waals surface area contributed by atoms with Gasteiger partial charge in [-0.1, -0.05) is 48.2 Å². The molecule has 1 fully saturated rings. The molecule has 0 spiro atoms. The molecule has 126 valence electrons. The molecular formula is C18H20N2O3S. The molecule has 2 aliphatic rings. The molecular weight excluding hydrogens is 324 g/mol. The van der Waals surface area contributed by atoms with E-state index in [9.17, 15) is 9.59 Å². The fraction of sp³-hybridized carbons (Fsp3) is 0.333. The van der Waals surface area contributed by atoms with Crippen molar-refractivity contribution in [2.24, 2.45) is 0 Å². The van der Waals surface area contributed by atoms with Crippen molar-refractivity contribution in [2.45, 2.75) is 31.8 Å². The van der Waals surface area contributed by atoms with Gasteiger partial charge in [0.1, 0.15) is 6.04 Å². The zero-order chi connectivity index (χ0) is 16.9. The van der Waals surface area contributed by atoms with Crippen molar-refractivity contribution in [3.8, 4) is 0 Å². The predicted molar refractivity (Wildman–Crippen MR) is 93.9 cm³/mol. The lowest BCUT2D eigenvalue weighted by Gasteiger charge is -2.22. The monoisotopic (exact) mass is 344 g/mol. The van der Waals surface area contributed by atoms with Gasteiger partial charge in [0.25, 0.3) is 0 Å². The van der Waals surface area contributed by atoms with Crippen LogP contribution in [-0.4, -0.2) is 30.1 Å². The zero-order valence-electron chi connectivity index (χ0n) is 13.5. The summed E-state index contributed by atoms with van der Waals surface area (Å²) in [5.74, 6) is -0.185. The van der Waals surface area contributed by atoms with Gasteiger partial charge < -0.3 is 15.0 Å². The molecule has 1 saturated heterocycles. The first-order valence-corrected chi connectivity index (χ1v) is 8.82. The van der Waals surface area contributed by atoms with Crippen LogP contribution in [0.25, 0.3) is 0 Å². The van der Waals surface area contributed by atoms with Crippen molar-refractivity contribution < 1.29 is 14.3 Å². The molecule has 0 aromatic heterocycles. The van der Waals surface area contributed by atoms with Gasteiger partial charge >= 0.3 is 12.0 Å². The molecule has 3 rings (SSSR count). The highest BCUT2D eigenvalue weighted by Gasteiger charge is 2.40. The number of fused-ring (bicyclic) bond motifs is 1. The summed E-state index contributed by atoms with van der Waals surface area (Å²) in [6, 6.07) is 9.89. The largest absolute Gasteiger partial charge is 0.469 e. The molecule has 24 heavy (non-hydrogen) atoms. The van der Waals surface area contributed by atoms with Crippen LogP contribution in [0.4, 0.5) is 4.79 Å². The number of ether oxygens (including phenoxy) is 1. The second-order valence-electron chi connectivity index (χ2n) is 5.71. The summed E-state index contributed by atoms with van der Waals surface area (Å²) in [6.07, 6.45) is 4.09. The summed E-state index contributed by atoms with van der Waals surface area (Å²) in [5, 5.41) is 4.95. The molecule has 5 nitrogen and oxygen atoms in total. The van der Waals surface area contributed by atoms with Gasteiger partial charge in [-0.05, 0) is 23.8 Å². The van der Waals surface area contributed by atoms with Crippen molar-refractivity contribution in [3.63, 3.8) is 0 Å². The maximum absolute atomic E-state index is 12.3. The first kappa shape index (κ1) is 16.6. The summed E-state index contributed by atoms with van der Waals surface area (Å²) < 4.78 is 4.65. The number of benzene rings is 1. The summed E-state index contributed by atoms with van der Waals surface area (Å²) in [5.41, 5.74) is 2.05. The van der Waals surface area contributed by atoms with Crippen molar-refractivity contribution in [3.05, 3.63) is 58.0 Å². The third kappa shape index (κ3) is 3.64. The van der Waals surface area contributed by atoms with E-state index in [0.29, 0.717) is 13.0 Å². The van der Waals surface area contributed by atoms with Gasteiger partial charge in [-0.15, -0.1) is 0 Å². The van der Waals surface area contributed by atoms with E-state index in [0.717, 1.165) is 29.0 Å². The third-order valence-electron chi connectivity index (χ3n) is 4.06. The molecule has 0 saturated carbocycles. The van der Waals surface area contributed by atoms with E-state index in [4.69, 9.17) is 0 Å². The highest BCUT2D eigenvalue weighted by molar-refractivity contribution is 8.06. The topological polar surface area (TPSA) is 58.6 Å². The lowest BCUT2D eigenvalue weighted by molar-refractivity contribution is -0.140. The number of rotatable bonds is 6. The van der Waals surface area contributed by atoms with E-state index in [-0.39, 0.29) is 18.0 Å². The van der Waals surface area contributed by atoms with Gasteiger partial charge in [-0.25, -0.2) is 4.79 Å². The van der Waals surface area contributed by atoms with E-state index in [1.807, 2.05) is 40.6 Å². The number of nitrogens with one attached hydrogen (secondary N) is 1. The van der Waals surface area contributed by atoms with Crippen LogP contribution >= 0.6 is 11.8 Å². The Morgan fingerprint density at radius 1 is 1.38 bits per heavy atom. The predicted octanol–water partition coefficient (Wildman–Crippen LogP) is 3.40. The first-order valence-electron chi connectivity index (χ1n) is 7.94. The lowest BCUT2D eigenvalue weighted by Crippen LogP contribution is -2.33. The number of hydrogen-bond donors (Lipinski definition) is 1. The fourth-order valence-electron chi connectivity index (χ4n) is 2.84. The van der Waals surface area contributed by atoms with Crippen LogP contribution in [0, 0.1) is 0 Å². The van der Waals surface area contributed by atoms with E-state index < -0.39 is 0 Å². The number of carbonyl (C=O) groups excluding carboxylic acids is 2. The number of amides is 2. The summed E-state index contributed by atoms with van der Waals surface area (Å²) in [4.78, 5) is 26.4. The molecule has 2 amide bonds. The first-order chi connectivity index (χ1) is 11.7. The van der Waals surface area contributed by atoms with Crippen LogP contribution in [0.2, 0.25) is 0 Å². The SMILES string of the molecule is COC(=O)CCCC=C1SC=C2NC(=O)N(Cc3ccccc3)[C@@H]21. The molecule has 0 bridgehead atoms. The highest BCUT2D eigenvalue weighted by Crippen LogP contribution is 2.40. The van der Waals surface area contributed by atoms with E-state index >= 15 is 0 Å². The number of hydrogen-bond acceptors (Lipinski definition) is 4. The molecule has 2 aliphatic heterocycles. The minimum atomic E-state index is -0.185. The Labute approximate surface area is 145 Å². The average Bonchev–Trinajstić information content (AvgIpc) is 3.12. The van der Waals surface area contributed by atoms with Crippen LogP contribution in [0.3, 0.4) is 0 Å². The number of urea groups is 1. The van der Waals surface area contributed by atoms with E-state index in [2.05, 4.69) is 16.1 Å². The number of allylic oxidation sites excluding steroid dienone is 1. The highest BCUT2D eigenvalue weighted by atomic mass is 32.2. The summed E-state index contributed by atoms with van der Waals surface area (Å²) in [7, 11) is 1.40. The van der Waals surface area contributed by atoms with Crippen LogP contribution in [0.1, 0.15) is 24.8 Å². The van der Waals surface area contributed by atoms with Crippen molar-refractivity contribution in [1.29, 1.82) is 0 Å². The number of nitrogens with zero attached hydrogens (tertiary/aromatic N) is 1. The minimum absolute atomic E-state index is 0.0270. The van der Waals surface area contributed by atoms with Gasteiger partial charge in [0.05, 0.1) is 12.8 Å². The van der Waals surface area contributed by atoms with Gasteiger partial charge in [-0.3, -0.25) is 4.79 Å². The normalized spacial score (nSPS) is 20.8. The van der Waals surface area contributed by atoms with Crippen LogP contribution in [0.5, 0.6) is 0 Å². The molecule has 2 heterocycles. The molecule has 0 aliphatic carbocycles. The van der Waals surface area contributed by atoms with Crippen LogP contribution in [-0.2, 0) is 16.1 Å². The second-order valence-corrected chi connectivity index (χ2v) is 6.65. The number of unbranched alkanes of at least 4 members (excludes halogenated alkanes) is 1. The zero-order valence-corrected chi connectivity index (χ0v) is 14.3. The number of methoxy groups -OCH3 is 1. The van der Waals surface area contributed by atoms with Gasteiger partial charge in [0, 0.05) is 17.9 Å². The second kappa shape index (κ2) is 7.57. The van der Waals surface area contributed by atoms with Crippen LogP contribution < -0.4 is 5.32 Å². The standard InChI is InChI=1S/C18H20N2O3S/c1-23-16(21)10-6-5-9-15-17-14(12-24-15)19-18(22)20(17)11-13-7-3-2-4-8-13/h2-4,7-9,12,17H,5-6,10-11H2,1H3,(H,19,22)/t17-/m0/s1. The van der Waals surface area contributed by atoms with Crippen molar-refractivity contribution in [1.82, 2.24) is 10.2 Å². The van der Waals surface area contributed by atoms with E-state index in [1.54, 1.807) is 11.8 Å². The molecule has 6 heteroatoms. The van der Waals surface area contributed by atoms with Crippen LogP contribution in [0.15, 0.2) is 52.4 Å². The third-order valence-corrected chi connectivity index (χ3v) is 5.10. The quantitative estimate of drug-likeness (QED) is 0.635. The maximum Gasteiger partial charge on any atom is 0.322 e. The molecule has 1 aromatic rings. The number of thioether (sulfide) groups is 1. The Kier molecular flexibility index (Phi) is 5.25. The number of esters is 1. The van der Waals surface area contributed by atoms with Gasteiger partial charge in [-0.2, -0.15) is 0 Å². The molecule has 0 unspecified atom stereocenters. The Bertz CT molecular complexity index is 685. The lowest BCUT2D eigenvalue weighted by atomic mass is 10.1. The molecule has 1 aromatic carbocycles. The molecule has 1 atom stereocenters. The Morgan fingerprint density at radius 2 is 2.17 bits per heavy atom. The Balaban J connectivity index is 1.66. The maximum atomic E-state index is 12.3. The molecule has 1 N–H and O–H groups in total. The number of carbonyl (C=O) groups is 2.